The van der Waals surface area contributed by atoms with Crippen molar-refractivity contribution < 1.29 is 5.11 Å². The minimum atomic E-state index is 0.0916. The zero-order valence-electron chi connectivity index (χ0n) is 6.30. The molecule has 0 bridgehead atoms. The van der Waals surface area contributed by atoms with Crippen molar-refractivity contribution in [3.05, 3.63) is 40.4 Å². The SMILES string of the molecule is OCC=C(I)c1ccc(Br)cc1. The quantitative estimate of drug-likeness (QED) is 0.821. The Hall–Kier alpha value is 0.130. The molecule has 0 fully saturated rings. The Bertz CT molecular complexity index is 279. The van der Waals surface area contributed by atoms with Gasteiger partial charge in [0.25, 0.3) is 0 Å². The van der Waals surface area contributed by atoms with Crippen LogP contribution >= 0.6 is 38.5 Å². The van der Waals surface area contributed by atoms with Crippen LogP contribution in [-0.4, -0.2) is 11.7 Å². The van der Waals surface area contributed by atoms with E-state index in [1.165, 1.54) is 0 Å². The summed E-state index contributed by atoms with van der Waals surface area (Å²) >= 11 is 5.57. The highest BCUT2D eigenvalue weighted by molar-refractivity contribution is 14.1. The first-order chi connectivity index (χ1) is 5.74. The van der Waals surface area contributed by atoms with Crippen LogP contribution in [0.5, 0.6) is 0 Å². The molecule has 1 rings (SSSR count). The van der Waals surface area contributed by atoms with Gasteiger partial charge in [0.2, 0.25) is 0 Å². The predicted molar refractivity (Wildman–Crippen MR) is 63.2 cm³/mol. The van der Waals surface area contributed by atoms with Gasteiger partial charge in [-0.3, -0.25) is 0 Å². The van der Waals surface area contributed by atoms with E-state index in [0.717, 1.165) is 13.6 Å². The van der Waals surface area contributed by atoms with E-state index in [0.29, 0.717) is 0 Å². The summed E-state index contributed by atoms with van der Waals surface area (Å²) in [4.78, 5) is 0. The van der Waals surface area contributed by atoms with Crippen LogP contribution in [0.2, 0.25) is 0 Å². The predicted octanol–water partition coefficient (Wildman–Crippen LogP) is 3.22. The van der Waals surface area contributed by atoms with E-state index in [1.54, 1.807) is 6.08 Å². The topological polar surface area (TPSA) is 20.2 Å². The average molecular weight is 339 g/mol. The van der Waals surface area contributed by atoms with Crippen molar-refractivity contribution in [2.75, 3.05) is 6.61 Å². The number of benzene rings is 1. The molecule has 1 aromatic rings. The van der Waals surface area contributed by atoms with Gasteiger partial charge in [-0.05, 0) is 46.4 Å². The molecule has 3 heteroatoms. The van der Waals surface area contributed by atoms with Gasteiger partial charge in [-0.1, -0.05) is 28.1 Å². The molecule has 0 aliphatic carbocycles. The van der Waals surface area contributed by atoms with Crippen LogP contribution in [0.4, 0.5) is 0 Å². The monoisotopic (exact) mass is 338 g/mol. The second kappa shape index (κ2) is 4.99. The fourth-order valence-electron chi connectivity index (χ4n) is 0.807. The van der Waals surface area contributed by atoms with Gasteiger partial charge in [0, 0.05) is 8.05 Å². The van der Waals surface area contributed by atoms with E-state index in [9.17, 15) is 0 Å². The largest absolute Gasteiger partial charge is 0.392 e. The molecule has 0 aliphatic heterocycles. The lowest BCUT2D eigenvalue weighted by Crippen LogP contribution is -1.78. The molecule has 1 nitrogen and oxygen atoms in total. The minimum Gasteiger partial charge on any atom is -0.392 e. The lowest BCUT2D eigenvalue weighted by molar-refractivity contribution is 0.343. The molecule has 0 saturated heterocycles. The van der Waals surface area contributed by atoms with Gasteiger partial charge in [0.1, 0.15) is 0 Å². The van der Waals surface area contributed by atoms with Crippen LogP contribution in [0, 0.1) is 0 Å². The standard InChI is InChI=1S/C9H8BrIO/c10-8-3-1-7(2-4-8)9(11)5-6-12/h1-5,12H,6H2. The van der Waals surface area contributed by atoms with Crippen LogP contribution in [0.1, 0.15) is 5.56 Å². The molecule has 1 N–H and O–H groups in total. The van der Waals surface area contributed by atoms with Crippen molar-refractivity contribution >= 4 is 42.1 Å². The number of halogens is 2. The summed E-state index contributed by atoms with van der Waals surface area (Å²) in [5, 5.41) is 8.66. The van der Waals surface area contributed by atoms with E-state index in [2.05, 4.69) is 38.5 Å². The first kappa shape index (κ1) is 10.2. The van der Waals surface area contributed by atoms with Crippen molar-refractivity contribution in [3.63, 3.8) is 0 Å². The third-order valence-electron chi connectivity index (χ3n) is 1.39. The molecular formula is C9H8BrIO. The summed E-state index contributed by atoms with van der Waals surface area (Å²) in [5.74, 6) is 0. The van der Waals surface area contributed by atoms with Crippen LogP contribution in [0.25, 0.3) is 3.58 Å². The number of aliphatic hydroxyl groups is 1. The highest BCUT2D eigenvalue weighted by atomic mass is 127. The Morgan fingerprint density at radius 3 is 2.50 bits per heavy atom. The third-order valence-corrected chi connectivity index (χ3v) is 2.98. The van der Waals surface area contributed by atoms with Crippen molar-refractivity contribution in [3.8, 4) is 0 Å². The van der Waals surface area contributed by atoms with Gasteiger partial charge in [0.05, 0.1) is 6.61 Å². The van der Waals surface area contributed by atoms with Gasteiger partial charge in [-0.25, -0.2) is 0 Å². The number of hydrogen-bond acceptors (Lipinski definition) is 1. The summed E-state index contributed by atoms with van der Waals surface area (Å²) in [6, 6.07) is 7.99. The molecule has 0 spiro atoms. The van der Waals surface area contributed by atoms with E-state index in [-0.39, 0.29) is 6.61 Å². The molecule has 0 aliphatic rings. The molecule has 0 saturated carbocycles. The Morgan fingerprint density at radius 2 is 2.00 bits per heavy atom. The summed E-state index contributed by atoms with van der Waals surface area (Å²) in [5.41, 5.74) is 1.13. The summed E-state index contributed by atoms with van der Waals surface area (Å²) in [6.07, 6.45) is 1.78. The second-order valence-corrected chi connectivity index (χ2v) is 4.32. The van der Waals surface area contributed by atoms with Gasteiger partial charge < -0.3 is 5.11 Å². The zero-order chi connectivity index (χ0) is 8.97. The van der Waals surface area contributed by atoms with E-state index in [4.69, 9.17) is 5.11 Å². The van der Waals surface area contributed by atoms with Crippen LogP contribution in [-0.2, 0) is 0 Å². The third kappa shape index (κ3) is 2.88. The minimum absolute atomic E-state index is 0.0916. The van der Waals surface area contributed by atoms with Gasteiger partial charge in [-0.2, -0.15) is 0 Å². The van der Waals surface area contributed by atoms with E-state index in [1.807, 2.05) is 24.3 Å². The van der Waals surface area contributed by atoms with Gasteiger partial charge in [0.15, 0.2) is 0 Å². The van der Waals surface area contributed by atoms with Crippen molar-refractivity contribution in [2.24, 2.45) is 0 Å². The number of aliphatic hydroxyl groups excluding tert-OH is 1. The fourth-order valence-corrected chi connectivity index (χ4v) is 1.63. The lowest BCUT2D eigenvalue weighted by atomic mass is 10.2. The highest BCUT2D eigenvalue weighted by Crippen LogP contribution is 2.22. The van der Waals surface area contributed by atoms with Crippen LogP contribution in [0.15, 0.2) is 34.8 Å². The van der Waals surface area contributed by atoms with Crippen LogP contribution < -0.4 is 0 Å². The first-order valence-electron chi connectivity index (χ1n) is 3.46. The Balaban J connectivity index is 2.89. The maximum absolute atomic E-state index is 8.66. The molecule has 64 valence electrons. The smallest absolute Gasteiger partial charge is 0.0625 e. The molecule has 0 aromatic heterocycles. The van der Waals surface area contributed by atoms with E-state index < -0.39 is 0 Å². The molecule has 0 atom stereocenters. The second-order valence-electron chi connectivity index (χ2n) is 2.24. The molecular weight excluding hydrogens is 331 g/mol. The van der Waals surface area contributed by atoms with Crippen molar-refractivity contribution in [2.45, 2.75) is 0 Å². The molecule has 0 radical (unpaired) electrons. The normalized spacial score (nSPS) is 11.8. The number of rotatable bonds is 2. The average Bonchev–Trinajstić information content (AvgIpc) is 2.06. The van der Waals surface area contributed by atoms with Crippen molar-refractivity contribution in [1.82, 2.24) is 0 Å². The fraction of sp³-hybridized carbons (Fsp3) is 0.111. The van der Waals surface area contributed by atoms with Gasteiger partial charge >= 0.3 is 0 Å². The number of hydrogen-bond donors (Lipinski definition) is 1. The molecule has 0 amide bonds. The Labute approximate surface area is 93.8 Å². The molecule has 0 unspecified atom stereocenters. The maximum atomic E-state index is 8.66. The zero-order valence-corrected chi connectivity index (χ0v) is 10.0. The summed E-state index contributed by atoms with van der Waals surface area (Å²) in [7, 11) is 0. The first-order valence-corrected chi connectivity index (χ1v) is 5.33. The molecule has 0 heterocycles. The van der Waals surface area contributed by atoms with Crippen molar-refractivity contribution in [1.29, 1.82) is 0 Å². The molecule has 1 aromatic carbocycles. The lowest BCUT2D eigenvalue weighted by Gasteiger charge is -1.98. The summed E-state index contributed by atoms with van der Waals surface area (Å²) < 4.78 is 2.14. The molecule has 12 heavy (non-hydrogen) atoms. The highest BCUT2D eigenvalue weighted by Gasteiger charge is 1.95. The van der Waals surface area contributed by atoms with Gasteiger partial charge in [-0.15, -0.1) is 0 Å². The Kier molecular flexibility index (Phi) is 4.25. The van der Waals surface area contributed by atoms with Crippen LogP contribution in [0.3, 0.4) is 0 Å². The van der Waals surface area contributed by atoms with E-state index >= 15 is 0 Å². The Morgan fingerprint density at radius 1 is 1.42 bits per heavy atom. The maximum Gasteiger partial charge on any atom is 0.0625 e. The summed E-state index contributed by atoms with van der Waals surface area (Å²) in [6.45, 7) is 0.0916.